The highest BCUT2D eigenvalue weighted by Gasteiger charge is 2.32. The van der Waals surface area contributed by atoms with Crippen molar-refractivity contribution in [1.82, 2.24) is 4.90 Å². The van der Waals surface area contributed by atoms with Gasteiger partial charge in [-0.05, 0) is 13.0 Å². The van der Waals surface area contributed by atoms with Gasteiger partial charge in [-0.2, -0.15) is 0 Å². The van der Waals surface area contributed by atoms with Crippen molar-refractivity contribution in [2.75, 3.05) is 0 Å². The Labute approximate surface area is 69.8 Å². The van der Waals surface area contributed by atoms with Gasteiger partial charge in [-0.25, -0.2) is 4.90 Å². The van der Waals surface area contributed by atoms with Gasteiger partial charge in [0.25, 0.3) is 5.91 Å². The van der Waals surface area contributed by atoms with Gasteiger partial charge in [-0.15, -0.1) is 0 Å². The minimum Gasteiger partial charge on any atom is -0.274 e. The normalized spacial score (nSPS) is 17.9. The number of allylic oxidation sites excluding steroid dienone is 1. The Bertz CT molecular complexity index is 251. The molecule has 1 aliphatic heterocycles. The Morgan fingerprint density at radius 1 is 1.33 bits per heavy atom. The number of rotatable bonds is 1. The van der Waals surface area contributed by atoms with E-state index in [0.29, 0.717) is 4.90 Å². The molecule has 0 N–H and O–H groups in total. The molecule has 4 heteroatoms. The first-order valence-electron chi connectivity index (χ1n) is 3.69. The monoisotopic (exact) mass is 167 g/mol. The minimum atomic E-state index is -0.537. The quantitative estimate of drug-likeness (QED) is 0.415. The summed E-state index contributed by atoms with van der Waals surface area (Å²) in [7, 11) is 0. The van der Waals surface area contributed by atoms with Crippen LogP contribution in [-0.2, 0) is 14.4 Å². The van der Waals surface area contributed by atoms with E-state index in [-0.39, 0.29) is 12.8 Å². The highest BCUT2D eigenvalue weighted by atomic mass is 16.2. The van der Waals surface area contributed by atoms with Gasteiger partial charge in [0.05, 0.1) is 0 Å². The zero-order valence-corrected chi connectivity index (χ0v) is 6.74. The summed E-state index contributed by atoms with van der Waals surface area (Å²) in [6.07, 6.45) is 3.02. The maximum atomic E-state index is 11.1. The summed E-state index contributed by atoms with van der Waals surface area (Å²) in [4.78, 5) is 33.7. The van der Waals surface area contributed by atoms with E-state index in [1.807, 2.05) is 0 Å². The molecule has 0 atom stereocenters. The number of hydrogen-bond donors (Lipinski definition) is 0. The molecule has 1 fully saturated rings. The lowest BCUT2D eigenvalue weighted by Crippen LogP contribution is -2.34. The molecular formula is C8H9NO3. The summed E-state index contributed by atoms with van der Waals surface area (Å²) in [5, 5.41) is 0. The predicted molar refractivity (Wildman–Crippen MR) is 40.9 cm³/mol. The van der Waals surface area contributed by atoms with Crippen LogP contribution in [0, 0.1) is 0 Å². The van der Waals surface area contributed by atoms with Crippen LogP contribution in [0.5, 0.6) is 0 Å². The molecule has 0 aromatic heterocycles. The summed E-state index contributed by atoms with van der Waals surface area (Å²) in [5.41, 5.74) is 0. The van der Waals surface area contributed by atoms with Crippen LogP contribution in [0.15, 0.2) is 12.2 Å². The van der Waals surface area contributed by atoms with Crippen molar-refractivity contribution in [1.29, 1.82) is 0 Å². The molecule has 64 valence electrons. The smallest absolute Gasteiger partial charge is 0.259 e. The fourth-order valence-electron chi connectivity index (χ4n) is 1.04. The largest absolute Gasteiger partial charge is 0.274 e. The van der Waals surface area contributed by atoms with Crippen molar-refractivity contribution in [3.63, 3.8) is 0 Å². The highest BCUT2D eigenvalue weighted by Crippen LogP contribution is 2.11. The molecule has 0 aromatic carbocycles. The van der Waals surface area contributed by atoms with Gasteiger partial charge in [0.1, 0.15) is 0 Å². The summed E-state index contributed by atoms with van der Waals surface area (Å²) in [5.74, 6) is -1.34. The number of hydrogen-bond acceptors (Lipinski definition) is 3. The van der Waals surface area contributed by atoms with E-state index >= 15 is 0 Å². The molecule has 1 aliphatic rings. The Kier molecular flexibility index (Phi) is 2.38. The molecule has 0 unspecified atom stereocenters. The van der Waals surface area contributed by atoms with Crippen LogP contribution in [-0.4, -0.2) is 22.6 Å². The average Bonchev–Trinajstić information content (AvgIpc) is 2.32. The maximum Gasteiger partial charge on any atom is 0.259 e. The number of likely N-dealkylation sites (tertiary alicyclic amines) is 1. The van der Waals surface area contributed by atoms with Gasteiger partial charge in [0, 0.05) is 12.8 Å². The molecule has 0 saturated carbocycles. The number of imide groups is 3. The van der Waals surface area contributed by atoms with Crippen LogP contribution in [0.1, 0.15) is 19.8 Å². The molecule has 0 aromatic rings. The van der Waals surface area contributed by atoms with E-state index in [9.17, 15) is 14.4 Å². The molecule has 0 radical (unpaired) electrons. The zero-order chi connectivity index (χ0) is 9.14. The first-order valence-corrected chi connectivity index (χ1v) is 3.69. The van der Waals surface area contributed by atoms with Crippen LogP contribution in [0.2, 0.25) is 0 Å². The van der Waals surface area contributed by atoms with Gasteiger partial charge in [0.2, 0.25) is 11.8 Å². The van der Waals surface area contributed by atoms with Crippen LogP contribution in [0.4, 0.5) is 0 Å². The maximum absolute atomic E-state index is 11.1. The van der Waals surface area contributed by atoms with E-state index in [0.717, 1.165) is 0 Å². The summed E-state index contributed by atoms with van der Waals surface area (Å²) >= 11 is 0. The van der Waals surface area contributed by atoms with E-state index in [1.165, 1.54) is 12.2 Å². The van der Waals surface area contributed by atoms with E-state index in [1.54, 1.807) is 6.92 Å². The fourth-order valence-corrected chi connectivity index (χ4v) is 1.04. The molecule has 12 heavy (non-hydrogen) atoms. The summed E-state index contributed by atoms with van der Waals surface area (Å²) in [6.45, 7) is 1.66. The van der Waals surface area contributed by atoms with Gasteiger partial charge in [-0.1, -0.05) is 6.08 Å². The lowest BCUT2D eigenvalue weighted by Gasteiger charge is -2.07. The standard InChI is InChI=1S/C8H9NO3/c1-2-3-6(10)9-7(11)4-5-8(9)12/h2-3H,4-5H2,1H3. The van der Waals surface area contributed by atoms with Crippen LogP contribution in [0.25, 0.3) is 0 Å². The van der Waals surface area contributed by atoms with Crippen LogP contribution in [0.3, 0.4) is 0 Å². The van der Waals surface area contributed by atoms with Crippen LogP contribution >= 0.6 is 0 Å². The van der Waals surface area contributed by atoms with E-state index < -0.39 is 17.7 Å². The first-order chi connectivity index (χ1) is 5.66. The van der Waals surface area contributed by atoms with E-state index in [4.69, 9.17) is 0 Å². The molecule has 0 bridgehead atoms. The van der Waals surface area contributed by atoms with Gasteiger partial charge in [0.15, 0.2) is 0 Å². The van der Waals surface area contributed by atoms with Crippen molar-refractivity contribution in [3.8, 4) is 0 Å². The summed E-state index contributed by atoms with van der Waals surface area (Å²) < 4.78 is 0. The first kappa shape index (κ1) is 8.64. The van der Waals surface area contributed by atoms with Gasteiger partial charge < -0.3 is 0 Å². The van der Waals surface area contributed by atoms with Gasteiger partial charge in [-0.3, -0.25) is 14.4 Å². The van der Waals surface area contributed by atoms with Gasteiger partial charge >= 0.3 is 0 Å². The number of carbonyl (C=O) groups is 3. The Hall–Kier alpha value is -1.45. The Morgan fingerprint density at radius 2 is 1.83 bits per heavy atom. The minimum absolute atomic E-state index is 0.155. The molecular weight excluding hydrogens is 158 g/mol. The average molecular weight is 167 g/mol. The molecule has 0 spiro atoms. The molecule has 0 aliphatic carbocycles. The van der Waals surface area contributed by atoms with E-state index in [2.05, 4.69) is 0 Å². The topological polar surface area (TPSA) is 54.5 Å². The molecule has 1 saturated heterocycles. The second-order valence-electron chi connectivity index (χ2n) is 2.46. The number of nitrogens with zero attached hydrogens (tertiary/aromatic N) is 1. The third-order valence-corrected chi connectivity index (χ3v) is 1.58. The Balaban J connectivity index is 2.79. The fraction of sp³-hybridized carbons (Fsp3) is 0.375. The lowest BCUT2D eigenvalue weighted by molar-refractivity contribution is -0.146. The van der Waals surface area contributed by atoms with Crippen molar-refractivity contribution in [3.05, 3.63) is 12.2 Å². The van der Waals surface area contributed by atoms with Crippen molar-refractivity contribution >= 4 is 17.7 Å². The highest BCUT2D eigenvalue weighted by molar-refractivity contribution is 6.17. The third-order valence-electron chi connectivity index (χ3n) is 1.58. The molecule has 4 nitrogen and oxygen atoms in total. The third kappa shape index (κ3) is 1.42. The van der Waals surface area contributed by atoms with Crippen molar-refractivity contribution in [2.24, 2.45) is 0 Å². The molecule has 1 rings (SSSR count). The lowest BCUT2D eigenvalue weighted by atomic mass is 10.4. The van der Waals surface area contributed by atoms with Crippen LogP contribution < -0.4 is 0 Å². The zero-order valence-electron chi connectivity index (χ0n) is 6.74. The predicted octanol–water partition coefficient (Wildman–Crippen LogP) is 0.238. The van der Waals surface area contributed by atoms with Crippen molar-refractivity contribution in [2.45, 2.75) is 19.8 Å². The second-order valence-corrected chi connectivity index (χ2v) is 2.46. The Morgan fingerprint density at radius 3 is 2.25 bits per heavy atom. The second kappa shape index (κ2) is 3.30. The SMILES string of the molecule is CC=CC(=O)N1C(=O)CCC1=O. The summed E-state index contributed by atoms with van der Waals surface area (Å²) in [6, 6.07) is 0. The van der Waals surface area contributed by atoms with Crippen molar-refractivity contribution < 1.29 is 14.4 Å². The molecule has 1 heterocycles. The number of amides is 3. The number of carbonyl (C=O) groups excluding carboxylic acids is 3. The molecule has 3 amide bonds.